The minimum atomic E-state index is -3.82. The molecule has 2 N–H and O–H groups in total. The Labute approximate surface area is 294 Å². The quantitative estimate of drug-likeness (QED) is 0.121. The average molecular weight is 705 g/mol. The Morgan fingerprint density at radius 3 is 2.34 bits per heavy atom. The topological polar surface area (TPSA) is 116 Å². The highest BCUT2D eigenvalue weighted by atomic mass is 32.2. The molecule has 12 heteroatoms. The minimum Gasteiger partial charge on any atom is -0.455 e. The third-order valence-electron chi connectivity index (χ3n) is 9.90. The first-order valence-corrected chi connectivity index (χ1v) is 19.0. The van der Waals surface area contributed by atoms with E-state index in [1.54, 1.807) is 18.2 Å². The van der Waals surface area contributed by atoms with Gasteiger partial charge in [0, 0.05) is 30.2 Å². The molecule has 4 aromatic rings. The summed E-state index contributed by atoms with van der Waals surface area (Å²) in [6, 6.07) is 19.1. The van der Waals surface area contributed by atoms with Crippen molar-refractivity contribution in [3.05, 3.63) is 89.2 Å². The third-order valence-corrected chi connectivity index (χ3v) is 11.2. The summed E-state index contributed by atoms with van der Waals surface area (Å²) in [6.45, 7) is 11.0. The fourth-order valence-corrected chi connectivity index (χ4v) is 7.58. The third kappa shape index (κ3) is 8.25. The number of carbonyl (C=O) groups excluding carboxylic acids is 1. The first-order chi connectivity index (χ1) is 23.7. The monoisotopic (exact) mass is 704 g/mol. The van der Waals surface area contributed by atoms with Crippen LogP contribution in [0.5, 0.6) is 0 Å². The van der Waals surface area contributed by atoms with Gasteiger partial charge in [-0.15, -0.1) is 0 Å². The van der Waals surface area contributed by atoms with Crippen molar-refractivity contribution in [2.24, 2.45) is 5.92 Å². The van der Waals surface area contributed by atoms with Gasteiger partial charge < -0.3 is 23.8 Å². The first-order valence-electron chi connectivity index (χ1n) is 17.4. The lowest BCUT2D eigenvalue weighted by Gasteiger charge is -2.32. The van der Waals surface area contributed by atoms with Crippen molar-refractivity contribution in [1.82, 2.24) is 5.32 Å². The lowest BCUT2D eigenvalue weighted by Crippen LogP contribution is -2.41. The molecule has 2 aliphatic rings. The molecule has 266 valence electrons. The Morgan fingerprint density at radius 2 is 1.70 bits per heavy atom. The molecule has 3 aromatic carbocycles. The molecule has 6 rings (SSSR count). The number of fused-ring (bicyclic) bond motifs is 1. The highest BCUT2D eigenvalue weighted by Gasteiger charge is 2.51. The number of amides is 1. The molecule has 1 saturated carbocycles. The van der Waals surface area contributed by atoms with Crippen molar-refractivity contribution in [1.29, 1.82) is 0 Å². The van der Waals surface area contributed by atoms with Crippen molar-refractivity contribution < 1.29 is 36.1 Å². The van der Waals surface area contributed by atoms with E-state index in [1.165, 1.54) is 12.1 Å². The van der Waals surface area contributed by atoms with Crippen LogP contribution in [-0.2, 0) is 30.7 Å². The van der Waals surface area contributed by atoms with Gasteiger partial charge in [0.1, 0.15) is 17.2 Å². The summed E-state index contributed by atoms with van der Waals surface area (Å²) in [7, 11) is -4.31. The van der Waals surface area contributed by atoms with Crippen LogP contribution in [0.25, 0.3) is 22.3 Å². The van der Waals surface area contributed by atoms with Gasteiger partial charge in [0.15, 0.2) is 0 Å². The number of benzene rings is 3. The van der Waals surface area contributed by atoms with Gasteiger partial charge in [0.25, 0.3) is 5.91 Å². The summed E-state index contributed by atoms with van der Waals surface area (Å²) in [6.07, 6.45) is 2.63. The molecule has 9 nitrogen and oxygen atoms in total. The van der Waals surface area contributed by atoms with E-state index in [0.717, 1.165) is 24.0 Å². The van der Waals surface area contributed by atoms with Gasteiger partial charge in [-0.05, 0) is 113 Å². The molecule has 0 bridgehead atoms. The summed E-state index contributed by atoms with van der Waals surface area (Å²) < 4.78 is 68.9. The van der Waals surface area contributed by atoms with Crippen LogP contribution in [-0.4, -0.2) is 51.5 Å². The SMILES string of the molecule is CCNC(=O)c1c(-c2ccc(F)cc2)oc2cc(NS(=O)(=O)CCC(COCc3ccccc3)CB3OC(C)(C)C(C)(C)O3)c(C3CC3)cc12. The summed E-state index contributed by atoms with van der Waals surface area (Å²) in [5.74, 6) is -0.559. The van der Waals surface area contributed by atoms with Crippen LogP contribution in [0.2, 0.25) is 6.32 Å². The molecule has 1 aromatic heterocycles. The average Bonchev–Trinajstić information content (AvgIpc) is 3.79. The lowest BCUT2D eigenvalue weighted by molar-refractivity contribution is 0.00578. The van der Waals surface area contributed by atoms with Gasteiger partial charge in [0.2, 0.25) is 10.0 Å². The van der Waals surface area contributed by atoms with E-state index in [-0.39, 0.29) is 23.5 Å². The second kappa shape index (κ2) is 14.5. The van der Waals surface area contributed by atoms with E-state index in [0.29, 0.717) is 66.0 Å². The predicted octanol–water partition coefficient (Wildman–Crippen LogP) is 7.92. The molecule has 1 amide bonds. The number of nitrogens with one attached hydrogen (secondary N) is 2. The van der Waals surface area contributed by atoms with Gasteiger partial charge in [-0.1, -0.05) is 30.3 Å². The molecule has 1 aliphatic carbocycles. The summed E-state index contributed by atoms with van der Waals surface area (Å²) in [5, 5.41) is 3.43. The van der Waals surface area contributed by atoms with Crippen LogP contribution in [0.3, 0.4) is 0 Å². The summed E-state index contributed by atoms with van der Waals surface area (Å²) >= 11 is 0. The Morgan fingerprint density at radius 1 is 1.02 bits per heavy atom. The van der Waals surface area contributed by atoms with Crippen LogP contribution < -0.4 is 10.0 Å². The molecule has 0 radical (unpaired) electrons. The summed E-state index contributed by atoms with van der Waals surface area (Å²) in [4.78, 5) is 13.3. The maximum Gasteiger partial charge on any atom is 0.458 e. The molecule has 1 aliphatic heterocycles. The first kappa shape index (κ1) is 36.1. The number of anilines is 1. The number of halogens is 1. The zero-order valence-corrected chi connectivity index (χ0v) is 30.2. The Balaban J connectivity index is 1.23. The maximum atomic E-state index is 13.8. The molecule has 1 saturated heterocycles. The number of ether oxygens (including phenoxy) is 1. The molecule has 0 spiro atoms. The Kier molecular flexibility index (Phi) is 10.5. The second-order valence-corrected chi connectivity index (χ2v) is 16.2. The highest BCUT2D eigenvalue weighted by Crippen LogP contribution is 2.47. The lowest BCUT2D eigenvalue weighted by atomic mass is 9.76. The number of hydrogen-bond acceptors (Lipinski definition) is 7. The minimum absolute atomic E-state index is 0.142. The van der Waals surface area contributed by atoms with E-state index >= 15 is 0 Å². The number of furan rings is 1. The normalized spacial score (nSPS) is 17.6. The molecule has 2 heterocycles. The Bertz CT molecular complexity index is 1910. The van der Waals surface area contributed by atoms with E-state index in [1.807, 2.05) is 71.0 Å². The van der Waals surface area contributed by atoms with Gasteiger partial charge in [-0.2, -0.15) is 0 Å². The van der Waals surface area contributed by atoms with Crippen molar-refractivity contribution in [2.45, 2.75) is 83.9 Å². The van der Waals surface area contributed by atoms with Crippen molar-refractivity contribution in [3.63, 3.8) is 0 Å². The zero-order valence-electron chi connectivity index (χ0n) is 29.4. The van der Waals surface area contributed by atoms with E-state index in [9.17, 15) is 17.6 Å². The van der Waals surface area contributed by atoms with Crippen LogP contribution in [0.1, 0.15) is 81.3 Å². The standard InChI is InChI=1S/C38H46BFN2O7S/c1-6-41-36(43)34-31-20-30(27-12-13-27)32(21-33(31)47-35(34)28-14-16-29(40)17-15-28)42-50(44,45)19-18-26(24-46-23-25-10-8-7-9-11-25)22-39-48-37(2,3)38(4,5)49-39/h7-11,14-17,20-21,26-27,42H,6,12-13,18-19,22-24H2,1-5H3,(H,41,43). The zero-order chi connectivity index (χ0) is 35.7. The molecule has 1 atom stereocenters. The van der Waals surface area contributed by atoms with E-state index in [2.05, 4.69) is 10.0 Å². The van der Waals surface area contributed by atoms with Crippen LogP contribution >= 0.6 is 0 Å². The smallest absolute Gasteiger partial charge is 0.455 e. The number of carbonyl (C=O) groups is 1. The molecule has 1 unspecified atom stereocenters. The molecule has 50 heavy (non-hydrogen) atoms. The van der Waals surface area contributed by atoms with E-state index in [4.69, 9.17) is 18.5 Å². The van der Waals surface area contributed by atoms with Gasteiger partial charge >= 0.3 is 7.12 Å². The maximum absolute atomic E-state index is 13.8. The van der Waals surface area contributed by atoms with Crippen LogP contribution in [0, 0.1) is 11.7 Å². The van der Waals surface area contributed by atoms with Gasteiger partial charge in [0.05, 0.1) is 34.8 Å². The highest BCUT2D eigenvalue weighted by molar-refractivity contribution is 7.92. The Hall–Kier alpha value is -3.71. The number of hydrogen-bond donors (Lipinski definition) is 2. The van der Waals surface area contributed by atoms with Crippen molar-refractivity contribution in [3.8, 4) is 11.3 Å². The molecular weight excluding hydrogens is 658 g/mol. The van der Waals surface area contributed by atoms with Gasteiger partial charge in [-0.3, -0.25) is 9.52 Å². The fourth-order valence-electron chi connectivity index (χ4n) is 6.32. The number of rotatable bonds is 15. The number of sulfonamides is 1. The summed E-state index contributed by atoms with van der Waals surface area (Å²) in [5.41, 5.74) is 2.53. The van der Waals surface area contributed by atoms with Crippen molar-refractivity contribution >= 4 is 39.7 Å². The largest absolute Gasteiger partial charge is 0.458 e. The van der Waals surface area contributed by atoms with E-state index < -0.39 is 34.2 Å². The van der Waals surface area contributed by atoms with Crippen molar-refractivity contribution in [2.75, 3.05) is 23.6 Å². The fraction of sp³-hybridized carbons (Fsp3) is 0.447. The van der Waals surface area contributed by atoms with Crippen LogP contribution in [0.4, 0.5) is 10.1 Å². The second-order valence-electron chi connectivity index (χ2n) is 14.4. The predicted molar refractivity (Wildman–Crippen MR) is 194 cm³/mol. The van der Waals surface area contributed by atoms with Crippen LogP contribution in [0.15, 0.2) is 71.1 Å². The van der Waals surface area contributed by atoms with Gasteiger partial charge in [-0.25, -0.2) is 12.8 Å². The molecular formula is C38H46BFN2O7S. The molecule has 2 fully saturated rings.